The van der Waals surface area contributed by atoms with Crippen LogP contribution in [0.1, 0.15) is 44.3 Å². The summed E-state index contributed by atoms with van der Waals surface area (Å²) >= 11 is 0. The van der Waals surface area contributed by atoms with Gasteiger partial charge in [-0.1, -0.05) is 43.2 Å². The van der Waals surface area contributed by atoms with Gasteiger partial charge in [0.15, 0.2) is 6.10 Å². The Hall–Kier alpha value is -1.35. The number of ether oxygens (including phenoxy) is 1. The van der Waals surface area contributed by atoms with Crippen LogP contribution in [0.25, 0.3) is 0 Å². The smallest absolute Gasteiger partial charge is 0.253 e. The number of hydrogen-bond donors (Lipinski definition) is 1. The minimum absolute atomic E-state index is 0.0319. The molecule has 18 heavy (non-hydrogen) atoms. The summed E-state index contributed by atoms with van der Waals surface area (Å²) < 4.78 is 6.00. The van der Waals surface area contributed by atoms with Crippen LogP contribution in [0.2, 0.25) is 0 Å². The minimum Gasteiger partial charge on any atom is -0.360 e. The molecule has 1 saturated carbocycles. The summed E-state index contributed by atoms with van der Waals surface area (Å²) in [5, 5.41) is 2.85. The minimum atomic E-state index is -0.464. The summed E-state index contributed by atoms with van der Waals surface area (Å²) in [5.41, 5.74) is 0.940. The second-order valence-corrected chi connectivity index (χ2v) is 4.73. The van der Waals surface area contributed by atoms with Crippen LogP contribution in [0.5, 0.6) is 0 Å². The number of benzene rings is 1. The lowest BCUT2D eigenvalue weighted by atomic mass is 10.1. The highest BCUT2D eigenvalue weighted by Gasteiger charge is 2.26. The van der Waals surface area contributed by atoms with E-state index in [1.807, 2.05) is 37.3 Å². The quantitative estimate of drug-likeness (QED) is 0.869. The van der Waals surface area contributed by atoms with E-state index in [-0.39, 0.29) is 12.0 Å². The molecule has 0 aliphatic heterocycles. The Morgan fingerprint density at radius 3 is 2.61 bits per heavy atom. The fourth-order valence-corrected chi connectivity index (χ4v) is 2.40. The van der Waals surface area contributed by atoms with E-state index in [9.17, 15) is 4.79 Å². The van der Waals surface area contributed by atoms with Crippen LogP contribution in [0, 0.1) is 0 Å². The van der Waals surface area contributed by atoms with Crippen LogP contribution in [-0.2, 0) is 9.53 Å². The largest absolute Gasteiger partial charge is 0.360 e. The van der Waals surface area contributed by atoms with Gasteiger partial charge in [0, 0.05) is 6.54 Å². The second kappa shape index (κ2) is 6.55. The first-order valence-corrected chi connectivity index (χ1v) is 6.79. The van der Waals surface area contributed by atoms with Gasteiger partial charge in [0.25, 0.3) is 5.91 Å². The molecule has 1 aromatic rings. The van der Waals surface area contributed by atoms with Gasteiger partial charge in [0.05, 0.1) is 6.10 Å². The van der Waals surface area contributed by atoms with E-state index in [4.69, 9.17) is 4.74 Å². The maximum absolute atomic E-state index is 12.1. The summed E-state index contributed by atoms with van der Waals surface area (Å²) in [5.74, 6) is -0.0319. The van der Waals surface area contributed by atoms with Crippen molar-refractivity contribution in [2.24, 2.45) is 0 Å². The predicted molar refractivity (Wildman–Crippen MR) is 71.2 cm³/mol. The second-order valence-electron chi connectivity index (χ2n) is 4.73. The SMILES string of the molecule is CCNC(=O)[C@H](OC1CCCC1)c1ccccc1. The van der Waals surface area contributed by atoms with E-state index in [0.29, 0.717) is 6.54 Å². The normalized spacial score (nSPS) is 17.6. The first kappa shape index (κ1) is 13.1. The van der Waals surface area contributed by atoms with Crippen molar-refractivity contribution in [3.63, 3.8) is 0 Å². The van der Waals surface area contributed by atoms with E-state index in [1.54, 1.807) is 0 Å². The van der Waals surface area contributed by atoms with Gasteiger partial charge < -0.3 is 10.1 Å². The highest BCUT2D eigenvalue weighted by Crippen LogP contribution is 2.27. The van der Waals surface area contributed by atoms with Crippen LogP contribution < -0.4 is 5.32 Å². The predicted octanol–water partition coefficient (Wildman–Crippen LogP) is 2.82. The molecule has 0 radical (unpaired) electrons. The van der Waals surface area contributed by atoms with Gasteiger partial charge in [-0.2, -0.15) is 0 Å². The van der Waals surface area contributed by atoms with Gasteiger partial charge >= 0.3 is 0 Å². The fraction of sp³-hybridized carbons (Fsp3) is 0.533. The molecular weight excluding hydrogens is 226 g/mol. The molecular formula is C15H21NO2. The van der Waals surface area contributed by atoms with Crippen molar-refractivity contribution < 1.29 is 9.53 Å². The van der Waals surface area contributed by atoms with Crippen LogP contribution in [0.15, 0.2) is 30.3 Å². The molecule has 0 unspecified atom stereocenters. The Labute approximate surface area is 109 Å². The van der Waals surface area contributed by atoms with E-state index in [0.717, 1.165) is 18.4 Å². The lowest BCUT2D eigenvalue weighted by Gasteiger charge is -2.21. The van der Waals surface area contributed by atoms with Crippen LogP contribution in [-0.4, -0.2) is 18.6 Å². The molecule has 1 N–H and O–H groups in total. The highest BCUT2D eigenvalue weighted by molar-refractivity contribution is 5.82. The average molecular weight is 247 g/mol. The number of rotatable bonds is 5. The number of nitrogens with one attached hydrogen (secondary N) is 1. The summed E-state index contributed by atoms with van der Waals surface area (Å²) in [6, 6.07) is 9.75. The standard InChI is InChI=1S/C15H21NO2/c1-2-16-15(17)14(12-8-4-3-5-9-12)18-13-10-6-7-11-13/h3-5,8-9,13-14H,2,6-7,10-11H2,1H3,(H,16,17)/t14-/m1/s1. The van der Waals surface area contributed by atoms with Crippen LogP contribution in [0.3, 0.4) is 0 Å². The first-order valence-electron chi connectivity index (χ1n) is 6.79. The summed E-state index contributed by atoms with van der Waals surface area (Å²) in [6.45, 7) is 2.56. The Kier molecular flexibility index (Phi) is 4.76. The molecule has 1 aliphatic carbocycles. The van der Waals surface area contributed by atoms with Gasteiger partial charge in [-0.3, -0.25) is 4.79 Å². The zero-order valence-electron chi connectivity index (χ0n) is 10.9. The Balaban J connectivity index is 2.09. The Bertz CT molecular complexity index is 371. The number of hydrogen-bond acceptors (Lipinski definition) is 2. The zero-order chi connectivity index (χ0) is 12.8. The molecule has 98 valence electrons. The van der Waals surface area contributed by atoms with Crippen molar-refractivity contribution in [1.82, 2.24) is 5.32 Å². The van der Waals surface area contributed by atoms with Gasteiger partial charge in [-0.15, -0.1) is 0 Å². The molecule has 1 atom stereocenters. The third kappa shape index (κ3) is 3.33. The molecule has 1 aromatic carbocycles. The van der Waals surface area contributed by atoms with Crippen LogP contribution >= 0.6 is 0 Å². The molecule has 1 amide bonds. The molecule has 0 heterocycles. The summed E-state index contributed by atoms with van der Waals surface area (Å²) in [7, 11) is 0. The third-order valence-corrected chi connectivity index (χ3v) is 3.32. The monoisotopic (exact) mass is 247 g/mol. The van der Waals surface area contributed by atoms with Crippen molar-refractivity contribution in [3.8, 4) is 0 Å². The van der Waals surface area contributed by atoms with Crippen molar-refractivity contribution in [2.75, 3.05) is 6.54 Å². The fourth-order valence-electron chi connectivity index (χ4n) is 2.40. The highest BCUT2D eigenvalue weighted by atomic mass is 16.5. The van der Waals surface area contributed by atoms with Gasteiger partial charge in [0.1, 0.15) is 0 Å². The Morgan fingerprint density at radius 1 is 1.33 bits per heavy atom. The molecule has 0 saturated heterocycles. The molecule has 3 heteroatoms. The molecule has 3 nitrogen and oxygen atoms in total. The lowest BCUT2D eigenvalue weighted by Crippen LogP contribution is -2.32. The van der Waals surface area contributed by atoms with Gasteiger partial charge in [-0.25, -0.2) is 0 Å². The first-order chi connectivity index (χ1) is 8.81. The molecule has 1 aliphatic rings. The zero-order valence-corrected chi connectivity index (χ0v) is 10.9. The molecule has 0 aromatic heterocycles. The maximum atomic E-state index is 12.1. The molecule has 2 rings (SSSR count). The van der Waals surface area contributed by atoms with E-state index in [2.05, 4.69) is 5.32 Å². The van der Waals surface area contributed by atoms with Crippen molar-refractivity contribution in [3.05, 3.63) is 35.9 Å². The maximum Gasteiger partial charge on any atom is 0.253 e. The third-order valence-electron chi connectivity index (χ3n) is 3.32. The molecule has 0 bridgehead atoms. The van der Waals surface area contributed by atoms with Crippen molar-refractivity contribution in [2.45, 2.75) is 44.8 Å². The summed E-state index contributed by atoms with van der Waals surface area (Å²) in [4.78, 5) is 12.1. The number of likely N-dealkylation sites (N-methyl/N-ethyl adjacent to an activating group) is 1. The van der Waals surface area contributed by atoms with Gasteiger partial charge in [0.2, 0.25) is 0 Å². The van der Waals surface area contributed by atoms with Crippen molar-refractivity contribution >= 4 is 5.91 Å². The van der Waals surface area contributed by atoms with E-state index >= 15 is 0 Å². The average Bonchev–Trinajstić information content (AvgIpc) is 2.90. The Morgan fingerprint density at radius 2 is 2.00 bits per heavy atom. The molecule has 0 spiro atoms. The van der Waals surface area contributed by atoms with E-state index < -0.39 is 6.10 Å². The summed E-state index contributed by atoms with van der Waals surface area (Å²) in [6.07, 6.45) is 4.33. The lowest BCUT2D eigenvalue weighted by molar-refractivity contribution is -0.137. The molecule has 1 fully saturated rings. The van der Waals surface area contributed by atoms with E-state index in [1.165, 1.54) is 12.8 Å². The topological polar surface area (TPSA) is 38.3 Å². The van der Waals surface area contributed by atoms with Gasteiger partial charge in [-0.05, 0) is 25.3 Å². The number of carbonyl (C=O) groups excluding carboxylic acids is 1. The van der Waals surface area contributed by atoms with Crippen molar-refractivity contribution in [1.29, 1.82) is 0 Å². The van der Waals surface area contributed by atoms with Crippen LogP contribution in [0.4, 0.5) is 0 Å². The number of amides is 1. The number of carbonyl (C=O) groups is 1.